The second-order valence-corrected chi connectivity index (χ2v) is 7.01. The molecule has 1 N–H and O–H groups in total. The standard InChI is InChI=1S/C23H18ClFN2O/c1-14-13-21(28-20-9-4-3-8-18(20)25)15(2)12-19(14)26-22-11-10-16-6-5-7-17(24)23(16)27-22/h3-13H,1-2H3,(H,26,27). The van der Waals surface area contributed by atoms with Gasteiger partial charge in [0.1, 0.15) is 11.6 Å². The van der Waals surface area contributed by atoms with Gasteiger partial charge in [-0.1, -0.05) is 35.9 Å². The van der Waals surface area contributed by atoms with Crippen LogP contribution in [0.1, 0.15) is 11.1 Å². The van der Waals surface area contributed by atoms with Crippen molar-refractivity contribution in [2.45, 2.75) is 13.8 Å². The van der Waals surface area contributed by atoms with Crippen LogP contribution in [0.15, 0.2) is 66.7 Å². The molecular weight excluding hydrogens is 375 g/mol. The molecule has 1 heterocycles. The smallest absolute Gasteiger partial charge is 0.165 e. The molecule has 4 aromatic rings. The average molecular weight is 393 g/mol. The monoisotopic (exact) mass is 392 g/mol. The number of ether oxygens (including phenoxy) is 1. The first kappa shape index (κ1) is 18.3. The maximum absolute atomic E-state index is 13.9. The van der Waals surface area contributed by atoms with Crippen molar-refractivity contribution >= 4 is 34.0 Å². The number of nitrogens with one attached hydrogen (secondary N) is 1. The van der Waals surface area contributed by atoms with Crippen molar-refractivity contribution in [3.63, 3.8) is 0 Å². The quantitative estimate of drug-likeness (QED) is 0.399. The van der Waals surface area contributed by atoms with E-state index in [-0.39, 0.29) is 11.6 Å². The topological polar surface area (TPSA) is 34.1 Å². The predicted molar refractivity (Wildman–Crippen MR) is 112 cm³/mol. The van der Waals surface area contributed by atoms with Crippen molar-refractivity contribution < 1.29 is 9.13 Å². The van der Waals surface area contributed by atoms with Crippen molar-refractivity contribution in [2.24, 2.45) is 0 Å². The van der Waals surface area contributed by atoms with Crippen LogP contribution in [0.5, 0.6) is 11.5 Å². The Bertz CT molecular complexity index is 1180. The summed E-state index contributed by atoms with van der Waals surface area (Å²) >= 11 is 6.26. The van der Waals surface area contributed by atoms with Gasteiger partial charge in [0.05, 0.1) is 10.5 Å². The Kier molecular flexibility index (Phi) is 4.88. The lowest BCUT2D eigenvalue weighted by molar-refractivity contribution is 0.439. The fourth-order valence-electron chi connectivity index (χ4n) is 3.00. The van der Waals surface area contributed by atoms with Crippen molar-refractivity contribution in [1.29, 1.82) is 0 Å². The number of aromatic nitrogens is 1. The van der Waals surface area contributed by atoms with Crippen LogP contribution in [-0.4, -0.2) is 4.98 Å². The normalized spacial score (nSPS) is 10.9. The average Bonchev–Trinajstić information content (AvgIpc) is 2.68. The number of pyridine rings is 1. The van der Waals surface area contributed by atoms with Crippen molar-refractivity contribution in [3.8, 4) is 11.5 Å². The van der Waals surface area contributed by atoms with Crippen LogP contribution in [0.4, 0.5) is 15.9 Å². The van der Waals surface area contributed by atoms with Crippen LogP contribution in [-0.2, 0) is 0 Å². The largest absolute Gasteiger partial charge is 0.454 e. The van der Waals surface area contributed by atoms with E-state index < -0.39 is 0 Å². The highest BCUT2D eigenvalue weighted by Crippen LogP contribution is 2.33. The van der Waals surface area contributed by atoms with Gasteiger partial charge in [-0.3, -0.25) is 0 Å². The molecule has 4 rings (SSSR count). The van der Waals surface area contributed by atoms with Crippen LogP contribution in [0.3, 0.4) is 0 Å². The molecule has 0 fully saturated rings. The third-order valence-corrected chi connectivity index (χ3v) is 4.82. The van der Waals surface area contributed by atoms with E-state index >= 15 is 0 Å². The molecule has 0 bridgehead atoms. The number of aryl methyl sites for hydroxylation is 2. The van der Waals surface area contributed by atoms with E-state index in [1.54, 1.807) is 18.2 Å². The molecule has 140 valence electrons. The van der Waals surface area contributed by atoms with Gasteiger partial charge in [-0.25, -0.2) is 9.37 Å². The van der Waals surface area contributed by atoms with E-state index in [1.165, 1.54) is 6.07 Å². The minimum atomic E-state index is -0.390. The fourth-order valence-corrected chi connectivity index (χ4v) is 3.22. The number of hydrogen-bond donors (Lipinski definition) is 1. The summed E-state index contributed by atoms with van der Waals surface area (Å²) in [4.78, 5) is 4.62. The highest BCUT2D eigenvalue weighted by Gasteiger charge is 2.10. The van der Waals surface area contributed by atoms with E-state index in [0.29, 0.717) is 16.6 Å². The van der Waals surface area contributed by atoms with Crippen LogP contribution < -0.4 is 10.1 Å². The highest BCUT2D eigenvalue weighted by atomic mass is 35.5. The van der Waals surface area contributed by atoms with Crippen LogP contribution in [0, 0.1) is 19.7 Å². The van der Waals surface area contributed by atoms with Gasteiger partial charge >= 0.3 is 0 Å². The van der Waals surface area contributed by atoms with E-state index in [1.807, 2.05) is 56.3 Å². The van der Waals surface area contributed by atoms with Crippen molar-refractivity contribution in [1.82, 2.24) is 4.98 Å². The van der Waals surface area contributed by atoms with Gasteiger partial charge in [-0.15, -0.1) is 0 Å². The van der Waals surface area contributed by atoms with Crippen molar-refractivity contribution in [3.05, 3.63) is 88.7 Å². The second kappa shape index (κ2) is 7.49. The Morgan fingerprint density at radius 1 is 0.893 bits per heavy atom. The number of benzene rings is 3. The number of hydrogen-bond acceptors (Lipinski definition) is 3. The van der Waals surface area contributed by atoms with Crippen LogP contribution in [0.2, 0.25) is 5.02 Å². The maximum Gasteiger partial charge on any atom is 0.165 e. The van der Waals surface area contributed by atoms with Gasteiger partial charge in [-0.2, -0.15) is 0 Å². The molecule has 0 amide bonds. The minimum absolute atomic E-state index is 0.205. The van der Waals surface area contributed by atoms with Crippen LogP contribution >= 0.6 is 11.6 Å². The zero-order valence-electron chi connectivity index (χ0n) is 15.5. The second-order valence-electron chi connectivity index (χ2n) is 6.60. The molecule has 0 aliphatic rings. The lowest BCUT2D eigenvalue weighted by atomic mass is 10.1. The molecule has 0 atom stereocenters. The molecule has 0 unspecified atom stereocenters. The van der Waals surface area contributed by atoms with Gasteiger partial charge in [0.15, 0.2) is 11.6 Å². The van der Waals surface area contributed by atoms with Gasteiger partial charge < -0.3 is 10.1 Å². The summed E-state index contributed by atoms with van der Waals surface area (Å²) in [5.41, 5.74) is 3.49. The summed E-state index contributed by atoms with van der Waals surface area (Å²) in [6, 6.07) is 19.8. The van der Waals surface area contributed by atoms with Crippen LogP contribution in [0.25, 0.3) is 10.9 Å². The van der Waals surface area contributed by atoms with Gasteiger partial charge in [-0.05, 0) is 67.4 Å². The molecule has 0 aliphatic heterocycles. The summed E-state index contributed by atoms with van der Waals surface area (Å²) in [5.74, 6) is 1.13. The number of anilines is 2. The maximum atomic E-state index is 13.9. The first-order valence-electron chi connectivity index (χ1n) is 8.87. The summed E-state index contributed by atoms with van der Waals surface area (Å²) < 4.78 is 19.6. The Morgan fingerprint density at radius 2 is 1.71 bits per heavy atom. The molecule has 0 radical (unpaired) electrons. The summed E-state index contributed by atoms with van der Waals surface area (Å²) in [7, 11) is 0. The number of halogens is 2. The predicted octanol–water partition coefficient (Wildman–Crippen LogP) is 7.18. The zero-order valence-corrected chi connectivity index (χ0v) is 16.2. The third kappa shape index (κ3) is 3.64. The fraction of sp³-hybridized carbons (Fsp3) is 0.0870. The van der Waals surface area contributed by atoms with Gasteiger partial charge in [0.25, 0.3) is 0 Å². The Morgan fingerprint density at radius 3 is 2.54 bits per heavy atom. The van der Waals surface area contributed by atoms with E-state index in [4.69, 9.17) is 16.3 Å². The third-order valence-electron chi connectivity index (χ3n) is 4.51. The Labute approximate surface area is 167 Å². The summed E-state index contributed by atoms with van der Waals surface area (Å²) in [6.07, 6.45) is 0. The molecule has 1 aromatic heterocycles. The molecular formula is C23H18ClFN2O. The SMILES string of the molecule is Cc1cc(Oc2ccccc2F)c(C)cc1Nc1ccc2cccc(Cl)c2n1. The minimum Gasteiger partial charge on any atom is -0.454 e. The Balaban J connectivity index is 1.63. The number of fused-ring (bicyclic) bond motifs is 1. The lowest BCUT2D eigenvalue weighted by Gasteiger charge is -2.15. The molecule has 5 heteroatoms. The number of rotatable bonds is 4. The molecule has 28 heavy (non-hydrogen) atoms. The van der Waals surface area contributed by atoms with Gasteiger partial charge in [0, 0.05) is 11.1 Å². The molecule has 0 saturated carbocycles. The summed E-state index contributed by atoms with van der Waals surface area (Å²) in [6.45, 7) is 3.88. The van der Waals surface area contributed by atoms with Crippen molar-refractivity contribution in [2.75, 3.05) is 5.32 Å². The molecule has 3 aromatic carbocycles. The molecule has 0 aliphatic carbocycles. The molecule has 3 nitrogen and oxygen atoms in total. The molecule has 0 saturated heterocycles. The zero-order chi connectivity index (χ0) is 19.7. The first-order chi connectivity index (χ1) is 13.5. The van der Waals surface area contributed by atoms with E-state index in [9.17, 15) is 4.39 Å². The first-order valence-corrected chi connectivity index (χ1v) is 9.25. The lowest BCUT2D eigenvalue weighted by Crippen LogP contribution is -1.98. The number of nitrogens with zero attached hydrogens (tertiary/aromatic N) is 1. The Hall–Kier alpha value is -3.11. The summed E-state index contributed by atoms with van der Waals surface area (Å²) in [5, 5.41) is 4.93. The van der Waals surface area contributed by atoms with E-state index in [2.05, 4.69) is 10.3 Å². The number of para-hydroxylation sites is 2. The van der Waals surface area contributed by atoms with E-state index in [0.717, 1.165) is 27.7 Å². The van der Waals surface area contributed by atoms with Gasteiger partial charge in [0.2, 0.25) is 0 Å². The molecule has 0 spiro atoms. The highest BCUT2D eigenvalue weighted by molar-refractivity contribution is 6.35.